The van der Waals surface area contributed by atoms with Crippen LogP contribution in [0.15, 0.2) is 36.4 Å². The SMILES string of the molecule is C.C.CC(C)c1cc(CCl)ccc1C(C)(C)C.CC(C)c1cc(CO)ccc1C(C)(C)C. The minimum absolute atomic E-state index is 0. The van der Waals surface area contributed by atoms with E-state index in [9.17, 15) is 0 Å². The molecule has 0 saturated carbocycles. The Kier molecular flexibility index (Phi) is 13.8. The van der Waals surface area contributed by atoms with E-state index < -0.39 is 0 Å². The second-order valence-electron chi connectivity index (χ2n) is 10.9. The van der Waals surface area contributed by atoms with Crippen LogP contribution < -0.4 is 0 Å². The maximum Gasteiger partial charge on any atom is 0.0681 e. The minimum atomic E-state index is 0. The van der Waals surface area contributed by atoms with E-state index in [1.165, 1.54) is 27.8 Å². The first-order valence-corrected chi connectivity index (χ1v) is 11.7. The molecule has 184 valence electrons. The molecule has 32 heavy (non-hydrogen) atoms. The van der Waals surface area contributed by atoms with Crippen molar-refractivity contribution in [3.63, 3.8) is 0 Å². The summed E-state index contributed by atoms with van der Waals surface area (Å²) in [6.07, 6.45) is 0. The molecule has 0 aromatic heterocycles. The van der Waals surface area contributed by atoms with Gasteiger partial charge in [0.15, 0.2) is 0 Å². The average molecular weight is 463 g/mol. The van der Waals surface area contributed by atoms with Gasteiger partial charge in [-0.15, -0.1) is 11.6 Å². The van der Waals surface area contributed by atoms with Crippen LogP contribution in [-0.2, 0) is 23.3 Å². The van der Waals surface area contributed by atoms with Crippen LogP contribution in [0, 0.1) is 0 Å². The summed E-state index contributed by atoms with van der Waals surface area (Å²) in [5, 5.41) is 9.14. The van der Waals surface area contributed by atoms with Gasteiger partial charge in [-0.25, -0.2) is 0 Å². The van der Waals surface area contributed by atoms with E-state index in [0.29, 0.717) is 17.7 Å². The number of rotatable bonds is 4. The zero-order valence-electron chi connectivity index (χ0n) is 20.9. The molecule has 0 radical (unpaired) electrons. The van der Waals surface area contributed by atoms with Gasteiger partial charge in [0, 0.05) is 5.88 Å². The Labute approximate surface area is 205 Å². The van der Waals surface area contributed by atoms with Crippen molar-refractivity contribution in [2.75, 3.05) is 0 Å². The van der Waals surface area contributed by atoms with Crippen molar-refractivity contribution in [1.82, 2.24) is 0 Å². The number of hydrogen-bond donors (Lipinski definition) is 1. The van der Waals surface area contributed by atoms with Crippen LogP contribution in [0.3, 0.4) is 0 Å². The fourth-order valence-corrected chi connectivity index (χ4v) is 3.89. The molecule has 1 N–H and O–H groups in total. The van der Waals surface area contributed by atoms with E-state index >= 15 is 0 Å². The summed E-state index contributed by atoms with van der Waals surface area (Å²) in [5.74, 6) is 1.66. The first-order valence-electron chi connectivity index (χ1n) is 11.2. The molecule has 0 bridgehead atoms. The minimum Gasteiger partial charge on any atom is -0.392 e. The number of benzene rings is 2. The number of aliphatic hydroxyl groups is 1. The average Bonchev–Trinajstić information content (AvgIpc) is 2.65. The Bertz CT molecular complexity index is 735. The van der Waals surface area contributed by atoms with E-state index in [0.717, 1.165) is 5.56 Å². The Morgan fingerprint density at radius 2 is 1.03 bits per heavy atom. The standard InChI is InChI=1S/C14H21Cl.C14H22O.2CH4/c2*1-10(2)12-8-11(9-15)6-7-13(12)14(3,4)5;;/h6-8,10H,9H2,1-5H3;6-8,10,15H,9H2,1-5H3;2*1H4. The van der Waals surface area contributed by atoms with Gasteiger partial charge in [-0.2, -0.15) is 0 Å². The van der Waals surface area contributed by atoms with Crippen molar-refractivity contribution < 1.29 is 5.11 Å². The highest BCUT2D eigenvalue weighted by Gasteiger charge is 2.20. The molecule has 0 unspecified atom stereocenters. The first kappa shape index (κ1) is 32.9. The molecule has 0 aliphatic carbocycles. The summed E-state index contributed by atoms with van der Waals surface area (Å²) in [6, 6.07) is 12.9. The van der Waals surface area contributed by atoms with Crippen LogP contribution in [0.5, 0.6) is 0 Å². The van der Waals surface area contributed by atoms with Gasteiger partial charge >= 0.3 is 0 Å². The summed E-state index contributed by atoms with van der Waals surface area (Å²) in [7, 11) is 0. The van der Waals surface area contributed by atoms with E-state index in [2.05, 4.69) is 99.6 Å². The molecule has 0 spiro atoms. The molecule has 2 aromatic carbocycles. The van der Waals surface area contributed by atoms with E-state index in [1.807, 2.05) is 6.07 Å². The Balaban J connectivity index is 0. The largest absolute Gasteiger partial charge is 0.392 e. The van der Waals surface area contributed by atoms with Crippen molar-refractivity contribution in [3.05, 3.63) is 69.8 Å². The van der Waals surface area contributed by atoms with Crippen molar-refractivity contribution >= 4 is 11.6 Å². The molecule has 2 aromatic rings. The lowest BCUT2D eigenvalue weighted by molar-refractivity contribution is 0.281. The first-order chi connectivity index (χ1) is 13.7. The molecule has 1 nitrogen and oxygen atoms in total. The van der Waals surface area contributed by atoms with E-state index in [1.54, 1.807) is 0 Å². The van der Waals surface area contributed by atoms with Gasteiger partial charge in [-0.05, 0) is 56.0 Å². The lowest BCUT2D eigenvalue weighted by Gasteiger charge is -2.25. The molecule has 0 aliphatic rings. The molecule has 0 fully saturated rings. The molecule has 0 amide bonds. The number of halogens is 1. The lowest BCUT2D eigenvalue weighted by Crippen LogP contribution is -2.15. The van der Waals surface area contributed by atoms with Crippen LogP contribution in [0.1, 0.15) is 129 Å². The van der Waals surface area contributed by atoms with E-state index in [-0.39, 0.29) is 32.3 Å². The molecule has 0 aliphatic heterocycles. The summed E-state index contributed by atoms with van der Waals surface area (Å²) < 4.78 is 0. The molecule has 0 saturated heterocycles. The Hall–Kier alpha value is -1.31. The fraction of sp³-hybridized carbons (Fsp3) is 0.600. The normalized spacial score (nSPS) is 11.4. The zero-order valence-corrected chi connectivity index (χ0v) is 21.6. The molecule has 2 heteroatoms. The predicted octanol–water partition coefficient (Wildman–Crippen LogP) is 9.72. The van der Waals surface area contributed by atoms with Gasteiger partial charge < -0.3 is 5.11 Å². The Morgan fingerprint density at radius 3 is 1.31 bits per heavy atom. The van der Waals surface area contributed by atoms with Crippen molar-refractivity contribution in [2.45, 2.75) is 119 Å². The van der Waals surface area contributed by atoms with Gasteiger partial charge in [-0.1, -0.05) is 120 Å². The van der Waals surface area contributed by atoms with Crippen LogP contribution in [0.25, 0.3) is 0 Å². The molecule has 0 heterocycles. The van der Waals surface area contributed by atoms with Gasteiger partial charge in [0.2, 0.25) is 0 Å². The number of alkyl halides is 1. The van der Waals surface area contributed by atoms with Crippen LogP contribution in [0.2, 0.25) is 0 Å². The molecule has 0 atom stereocenters. The maximum atomic E-state index is 9.14. The van der Waals surface area contributed by atoms with Crippen LogP contribution >= 0.6 is 11.6 Å². The van der Waals surface area contributed by atoms with E-state index in [4.69, 9.17) is 16.7 Å². The number of hydrogen-bond acceptors (Lipinski definition) is 1. The third-order valence-corrected chi connectivity index (χ3v) is 5.74. The number of aliphatic hydroxyl groups excluding tert-OH is 1. The van der Waals surface area contributed by atoms with Crippen molar-refractivity contribution in [2.24, 2.45) is 0 Å². The van der Waals surface area contributed by atoms with Gasteiger partial charge in [0.25, 0.3) is 0 Å². The quantitative estimate of drug-likeness (QED) is 0.448. The highest BCUT2D eigenvalue weighted by atomic mass is 35.5. The van der Waals surface area contributed by atoms with Crippen molar-refractivity contribution in [3.8, 4) is 0 Å². The summed E-state index contributed by atoms with van der Waals surface area (Å²) >= 11 is 5.87. The fourth-order valence-electron chi connectivity index (χ4n) is 3.73. The van der Waals surface area contributed by atoms with Gasteiger partial charge in [0.05, 0.1) is 6.61 Å². The molecular weight excluding hydrogens is 412 g/mol. The third kappa shape index (κ3) is 9.28. The Morgan fingerprint density at radius 1 is 0.688 bits per heavy atom. The highest BCUT2D eigenvalue weighted by Crippen LogP contribution is 2.32. The van der Waals surface area contributed by atoms with Crippen LogP contribution in [0.4, 0.5) is 0 Å². The monoisotopic (exact) mass is 462 g/mol. The topological polar surface area (TPSA) is 20.2 Å². The van der Waals surface area contributed by atoms with Crippen LogP contribution in [-0.4, -0.2) is 5.11 Å². The highest BCUT2D eigenvalue weighted by molar-refractivity contribution is 6.17. The second-order valence-corrected chi connectivity index (χ2v) is 11.2. The summed E-state index contributed by atoms with van der Waals surface area (Å²) in [5.41, 5.74) is 8.22. The smallest absolute Gasteiger partial charge is 0.0681 e. The second kappa shape index (κ2) is 13.4. The molecular formula is C30H51ClO. The predicted molar refractivity (Wildman–Crippen MR) is 147 cm³/mol. The molecule has 2 rings (SSSR count). The zero-order chi connectivity index (χ0) is 23.3. The van der Waals surface area contributed by atoms with Gasteiger partial charge in [-0.3, -0.25) is 0 Å². The summed E-state index contributed by atoms with van der Waals surface area (Å²) in [4.78, 5) is 0. The van der Waals surface area contributed by atoms with Crippen molar-refractivity contribution in [1.29, 1.82) is 0 Å². The van der Waals surface area contributed by atoms with Gasteiger partial charge in [0.1, 0.15) is 0 Å². The summed E-state index contributed by atoms with van der Waals surface area (Å²) in [6.45, 7) is 22.5. The maximum absolute atomic E-state index is 9.14. The third-order valence-electron chi connectivity index (χ3n) is 5.43. The lowest BCUT2D eigenvalue weighted by atomic mass is 9.80.